The van der Waals surface area contributed by atoms with Gasteiger partial charge in [-0.05, 0) is 32.1 Å². The molecule has 4 nitrogen and oxygen atoms in total. The van der Waals surface area contributed by atoms with Crippen LogP contribution in [-0.4, -0.2) is 22.2 Å². The highest BCUT2D eigenvalue weighted by atomic mass is 16.4. The highest BCUT2D eigenvalue weighted by Gasteiger charge is 2.19. The number of hydrogen-bond donors (Lipinski definition) is 2. The lowest BCUT2D eigenvalue weighted by molar-refractivity contribution is -0.148. The van der Waals surface area contributed by atoms with Crippen molar-refractivity contribution < 1.29 is 19.8 Å². The van der Waals surface area contributed by atoms with E-state index >= 15 is 0 Å². The molecule has 4 heteroatoms. The third-order valence-corrected chi connectivity index (χ3v) is 4.83. The summed E-state index contributed by atoms with van der Waals surface area (Å²) in [7, 11) is 0. The average molecular weight is 369 g/mol. The van der Waals surface area contributed by atoms with Gasteiger partial charge in [0.15, 0.2) is 0 Å². The van der Waals surface area contributed by atoms with Crippen LogP contribution in [0.15, 0.2) is 12.2 Å². The van der Waals surface area contributed by atoms with Crippen LogP contribution in [0.5, 0.6) is 0 Å². The fourth-order valence-corrected chi connectivity index (χ4v) is 3.16. The molecule has 0 spiro atoms. The SMILES string of the molecule is CCCCCCCCCCC=CCCCCCCC(CC(=O)O)C(=O)O. The maximum Gasteiger partial charge on any atom is 0.307 e. The third-order valence-electron chi connectivity index (χ3n) is 4.83. The first kappa shape index (κ1) is 24.7. The number of carboxylic acid groups (broad SMARTS) is 2. The summed E-state index contributed by atoms with van der Waals surface area (Å²) in [5, 5.41) is 17.7. The molecule has 0 aliphatic rings. The monoisotopic (exact) mass is 368 g/mol. The van der Waals surface area contributed by atoms with Gasteiger partial charge in [-0.3, -0.25) is 9.59 Å². The number of hydrogen-bond acceptors (Lipinski definition) is 2. The Morgan fingerprint density at radius 2 is 1.19 bits per heavy atom. The topological polar surface area (TPSA) is 74.6 Å². The molecular weight excluding hydrogens is 328 g/mol. The lowest BCUT2D eigenvalue weighted by atomic mass is 9.97. The molecule has 0 rings (SSSR count). The molecule has 0 saturated heterocycles. The van der Waals surface area contributed by atoms with E-state index in [9.17, 15) is 9.59 Å². The van der Waals surface area contributed by atoms with E-state index in [2.05, 4.69) is 19.1 Å². The quantitative estimate of drug-likeness (QED) is 0.199. The van der Waals surface area contributed by atoms with Gasteiger partial charge >= 0.3 is 11.9 Å². The molecule has 0 bridgehead atoms. The Hall–Kier alpha value is -1.32. The molecule has 0 aromatic rings. The first-order valence-electron chi connectivity index (χ1n) is 10.7. The Kier molecular flexibility index (Phi) is 17.5. The molecule has 1 atom stereocenters. The van der Waals surface area contributed by atoms with Crippen LogP contribution in [0, 0.1) is 5.92 Å². The maximum atomic E-state index is 11.0. The smallest absolute Gasteiger partial charge is 0.307 e. The predicted molar refractivity (Wildman–Crippen MR) is 107 cm³/mol. The fraction of sp³-hybridized carbons (Fsp3) is 0.818. The summed E-state index contributed by atoms with van der Waals surface area (Å²) < 4.78 is 0. The van der Waals surface area contributed by atoms with Crippen molar-refractivity contribution in [1.29, 1.82) is 0 Å². The van der Waals surface area contributed by atoms with Crippen LogP contribution in [-0.2, 0) is 9.59 Å². The van der Waals surface area contributed by atoms with Crippen LogP contribution in [0.3, 0.4) is 0 Å². The van der Waals surface area contributed by atoms with Gasteiger partial charge in [0.25, 0.3) is 0 Å². The number of carbonyl (C=O) groups is 2. The number of allylic oxidation sites excluding steroid dienone is 2. The maximum absolute atomic E-state index is 11.0. The zero-order valence-corrected chi connectivity index (χ0v) is 16.8. The van der Waals surface area contributed by atoms with Crippen molar-refractivity contribution in [2.45, 2.75) is 110 Å². The van der Waals surface area contributed by atoms with Crippen LogP contribution in [0.1, 0.15) is 110 Å². The van der Waals surface area contributed by atoms with Crippen molar-refractivity contribution >= 4 is 11.9 Å². The highest BCUT2D eigenvalue weighted by molar-refractivity contribution is 5.77. The molecule has 0 aliphatic carbocycles. The van der Waals surface area contributed by atoms with Crippen molar-refractivity contribution in [3.05, 3.63) is 12.2 Å². The average Bonchev–Trinajstić information content (AvgIpc) is 2.59. The largest absolute Gasteiger partial charge is 0.481 e. The molecule has 152 valence electrons. The molecule has 26 heavy (non-hydrogen) atoms. The lowest BCUT2D eigenvalue weighted by Gasteiger charge is -2.09. The highest BCUT2D eigenvalue weighted by Crippen LogP contribution is 2.16. The number of rotatable bonds is 19. The van der Waals surface area contributed by atoms with Crippen LogP contribution in [0.4, 0.5) is 0 Å². The molecular formula is C22H40O4. The molecule has 0 heterocycles. The van der Waals surface area contributed by atoms with Crippen molar-refractivity contribution in [3.8, 4) is 0 Å². The normalized spacial score (nSPS) is 12.5. The van der Waals surface area contributed by atoms with Gasteiger partial charge in [-0.1, -0.05) is 83.3 Å². The summed E-state index contributed by atoms with van der Waals surface area (Å²) in [5.74, 6) is -2.76. The Morgan fingerprint density at radius 3 is 1.65 bits per heavy atom. The van der Waals surface area contributed by atoms with Crippen molar-refractivity contribution in [3.63, 3.8) is 0 Å². The van der Waals surface area contributed by atoms with Gasteiger partial charge in [0.1, 0.15) is 0 Å². The summed E-state index contributed by atoms with van der Waals surface area (Å²) in [6.07, 6.45) is 21.9. The molecule has 0 fully saturated rings. The van der Waals surface area contributed by atoms with E-state index < -0.39 is 17.9 Å². The minimum absolute atomic E-state index is 0.267. The fourth-order valence-electron chi connectivity index (χ4n) is 3.16. The second-order valence-electron chi connectivity index (χ2n) is 7.36. The third kappa shape index (κ3) is 17.5. The van der Waals surface area contributed by atoms with Gasteiger partial charge < -0.3 is 10.2 Å². The summed E-state index contributed by atoms with van der Waals surface area (Å²) in [4.78, 5) is 21.6. The molecule has 0 amide bonds. The van der Waals surface area contributed by atoms with Gasteiger partial charge in [-0.25, -0.2) is 0 Å². The van der Waals surface area contributed by atoms with Crippen molar-refractivity contribution in [2.24, 2.45) is 5.92 Å². The van der Waals surface area contributed by atoms with Crippen LogP contribution in [0.2, 0.25) is 0 Å². The van der Waals surface area contributed by atoms with E-state index in [0.29, 0.717) is 6.42 Å². The molecule has 0 radical (unpaired) electrons. The Bertz CT molecular complexity index is 376. The number of aliphatic carboxylic acids is 2. The Labute approximate surface area is 160 Å². The minimum atomic E-state index is -1.03. The van der Waals surface area contributed by atoms with Crippen molar-refractivity contribution in [1.82, 2.24) is 0 Å². The lowest BCUT2D eigenvalue weighted by Crippen LogP contribution is -2.17. The summed E-state index contributed by atoms with van der Waals surface area (Å²) in [6.45, 7) is 2.25. The Morgan fingerprint density at radius 1 is 0.731 bits per heavy atom. The van der Waals surface area contributed by atoms with Crippen LogP contribution >= 0.6 is 0 Å². The van der Waals surface area contributed by atoms with Gasteiger partial charge in [-0.2, -0.15) is 0 Å². The van der Waals surface area contributed by atoms with E-state index in [4.69, 9.17) is 10.2 Å². The standard InChI is InChI=1S/C22H40O4/c1-2-3-4-5-6-7-8-9-10-11-12-13-14-15-16-17-18-20(22(25)26)19-21(23)24/h11-12,20H,2-10,13-19H2,1H3,(H,23,24)(H,25,26). The van der Waals surface area contributed by atoms with E-state index in [0.717, 1.165) is 32.1 Å². The molecule has 2 N–H and O–H groups in total. The zero-order chi connectivity index (χ0) is 19.5. The number of unbranched alkanes of at least 4 members (excludes halogenated alkanes) is 12. The van der Waals surface area contributed by atoms with Crippen molar-refractivity contribution in [2.75, 3.05) is 0 Å². The Balaban J connectivity index is 3.37. The molecule has 0 aromatic heterocycles. The van der Waals surface area contributed by atoms with Gasteiger partial charge in [-0.15, -0.1) is 0 Å². The second-order valence-corrected chi connectivity index (χ2v) is 7.36. The summed E-state index contributed by atoms with van der Waals surface area (Å²) in [6, 6.07) is 0. The summed E-state index contributed by atoms with van der Waals surface area (Å²) >= 11 is 0. The van der Waals surface area contributed by atoms with Gasteiger partial charge in [0.2, 0.25) is 0 Å². The second kappa shape index (κ2) is 18.5. The predicted octanol–water partition coefficient (Wildman–Crippen LogP) is 6.59. The van der Waals surface area contributed by atoms with E-state index in [-0.39, 0.29) is 6.42 Å². The minimum Gasteiger partial charge on any atom is -0.481 e. The van der Waals surface area contributed by atoms with E-state index in [1.165, 1.54) is 57.8 Å². The number of carboxylic acids is 2. The summed E-state index contributed by atoms with van der Waals surface area (Å²) in [5.41, 5.74) is 0. The molecule has 0 aliphatic heterocycles. The van der Waals surface area contributed by atoms with Crippen LogP contribution < -0.4 is 0 Å². The first-order valence-corrected chi connectivity index (χ1v) is 10.7. The van der Waals surface area contributed by atoms with E-state index in [1.807, 2.05) is 0 Å². The first-order chi connectivity index (χ1) is 12.6. The van der Waals surface area contributed by atoms with E-state index in [1.54, 1.807) is 0 Å². The zero-order valence-electron chi connectivity index (χ0n) is 16.8. The molecule has 1 unspecified atom stereocenters. The molecule has 0 saturated carbocycles. The molecule has 0 aromatic carbocycles. The van der Waals surface area contributed by atoms with Gasteiger partial charge in [0, 0.05) is 0 Å². The van der Waals surface area contributed by atoms with Gasteiger partial charge in [0.05, 0.1) is 12.3 Å². The van der Waals surface area contributed by atoms with Crippen LogP contribution in [0.25, 0.3) is 0 Å².